The molecule has 0 radical (unpaired) electrons. The Balaban J connectivity index is 2.23. The molecule has 4 nitrogen and oxygen atoms in total. The van der Waals surface area contributed by atoms with Crippen LogP contribution < -0.4 is 0 Å². The van der Waals surface area contributed by atoms with E-state index >= 15 is 0 Å². The number of rotatable bonds is 2. The van der Waals surface area contributed by atoms with Gasteiger partial charge in [-0.15, -0.1) is 0 Å². The maximum absolute atomic E-state index is 12.7. The second-order valence-corrected chi connectivity index (χ2v) is 5.38. The second kappa shape index (κ2) is 7.26. The number of piperidine rings is 1. The summed E-state index contributed by atoms with van der Waals surface area (Å²) in [6.45, 7) is 3.16. The van der Waals surface area contributed by atoms with Gasteiger partial charge in [0.25, 0.3) is 5.91 Å². The molecule has 1 heterocycles. The first kappa shape index (κ1) is 15.6. The van der Waals surface area contributed by atoms with Crippen molar-refractivity contribution in [2.75, 3.05) is 26.3 Å². The molecular weight excluding hydrogens is 266 g/mol. The van der Waals surface area contributed by atoms with Gasteiger partial charge >= 0.3 is 0 Å². The van der Waals surface area contributed by atoms with Crippen LogP contribution in [0.15, 0.2) is 18.2 Å². The van der Waals surface area contributed by atoms with Gasteiger partial charge in [0.15, 0.2) is 0 Å². The highest BCUT2D eigenvalue weighted by Gasteiger charge is 2.25. The Bertz CT molecular complexity index is 571. The fourth-order valence-corrected chi connectivity index (χ4v) is 2.71. The van der Waals surface area contributed by atoms with Gasteiger partial charge in [-0.2, -0.15) is 0 Å². The number of hydrogen-bond acceptors (Lipinski definition) is 3. The minimum atomic E-state index is -0.193. The molecule has 1 fully saturated rings. The number of aliphatic hydroxyl groups excluding tert-OH is 2. The van der Waals surface area contributed by atoms with Crippen LogP contribution in [0.2, 0.25) is 0 Å². The van der Waals surface area contributed by atoms with Gasteiger partial charge in [0.05, 0.1) is 0 Å². The summed E-state index contributed by atoms with van der Waals surface area (Å²) in [4.78, 5) is 14.5. The van der Waals surface area contributed by atoms with Crippen molar-refractivity contribution in [3.63, 3.8) is 0 Å². The Morgan fingerprint density at radius 1 is 1.43 bits per heavy atom. The van der Waals surface area contributed by atoms with Crippen LogP contribution in [0.5, 0.6) is 0 Å². The van der Waals surface area contributed by atoms with Crippen LogP contribution in [0.1, 0.15) is 34.3 Å². The van der Waals surface area contributed by atoms with Crippen molar-refractivity contribution in [1.82, 2.24) is 4.90 Å². The van der Waals surface area contributed by atoms with Crippen LogP contribution >= 0.6 is 0 Å². The van der Waals surface area contributed by atoms with Crippen LogP contribution in [0, 0.1) is 24.7 Å². The van der Waals surface area contributed by atoms with E-state index < -0.39 is 0 Å². The lowest BCUT2D eigenvalue weighted by Gasteiger charge is -2.32. The Labute approximate surface area is 125 Å². The molecule has 1 atom stereocenters. The molecule has 1 saturated heterocycles. The van der Waals surface area contributed by atoms with Crippen molar-refractivity contribution in [3.05, 3.63) is 34.9 Å². The van der Waals surface area contributed by atoms with Gasteiger partial charge in [0, 0.05) is 30.8 Å². The number of likely N-dealkylation sites (tertiary alicyclic amines) is 1. The van der Waals surface area contributed by atoms with E-state index in [0.717, 1.165) is 30.5 Å². The topological polar surface area (TPSA) is 60.8 Å². The van der Waals surface area contributed by atoms with Crippen molar-refractivity contribution in [2.45, 2.75) is 19.8 Å². The van der Waals surface area contributed by atoms with Gasteiger partial charge in [0.2, 0.25) is 0 Å². The lowest BCUT2D eigenvalue weighted by Crippen LogP contribution is -2.41. The third-order valence-corrected chi connectivity index (χ3v) is 3.93. The minimum absolute atomic E-state index is 0.00158. The molecule has 0 spiro atoms. The lowest BCUT2D eigenvalue weighted by atomic mass is 9.96. The zero-order valence-corrected chi connectivity index (χ0v) is 12.3. The second-order valence-electron chi connectivity index (χ2n) is 5.38. The zero-order chi connectivity index (χ0) is 15.2. The van der Waals surface area contributed by atoms with Crippen LogP contribution in [0.25, 0.3) is 0 Å². The van der Waals surface area contributed by atoms with Crippen molar-refractivity contribution in [2.24, 2.45) is 5.92 Å². The van der Waals surface area contributed by atoms with E-state index in [1.807, 2.05) is 30.0 Å². The monoisotopic (exact) mass is 287 g/mol. The number of aliphatic hydroxyl groups is 2. The van der Waals surface area contributed by atoms with Crippen molar-refractivity contribution in [3.8, 4) is 11.8 Å². The summed E-state index contributed by atoms with van der Waals surface area (Å²) in [6.07, 6.45) is 1.90. The van der Waals surface area contributed by atoms with Gasteiger partial charge in [-0.25, -0.2) is 0 Å². The average molecular weight is 287 g/mol. The predicted octanol–water partition coefficient (Wildman–Crippen LogP) is 1.18. The maximum atomic E-state index is 12.7. The Morgan fingerprint density at radius 3 is 2.95 bits per heavy atom. The normalized spacial score (nSPS) is 18.0. The van der Waals surface area contributed by atoms with E-state index in [4.69, 9.17) is 5.11 Å². The lowest BCUT2D eigenvalue weighted by molar-refractivity contribution is 0.0620. The molecule has 1 aromatic rings. The molecule has 0 aromatic heterocycles. The maximum Gasteiger partial charge on any atom is 0.254 e. The molecule has 0 bridgehead atoms. The summed E-state index contributed by atoms with van der Waals surface area (Å²) < 4.78 is 0. The summed E-state index contributed by atoms with van der Waals surface area (Å²) in [5.74, 6) is 5.66. The van der Waals surface area contributed by atoms with E-state index in [-0.39, 0.29) is 25.0 Å². The first-order valence-corrected chi connectivity index (χ1v) is 7.26. The smallest absolute Gasteiger partial charge is 0.254 e. The van der Waals surface area contributed by atoms with Gasteiger partial charge in [-0.05, 0) is 43.4 Å². The van der Waals surface area contributed by atoms with E-state index in [2.05, 4.69) is 11.8 Å². The molecule has 0 saturated carbocycles. The molecule has 112 valence electrons. The minimum Gasteiger partial charge on any atom is -0.396 e. The van der Waals surface area contributed by atoms with E-state index in [1.165, 1.54) is 0 Å². The summed E-state index contributed by atoms with van der Waals surface area (Å²) in [5.41, 5.74) is 2.26. The third kappa shape index (κ3) is 3.63. The average Bonchev–Trinajstić information content (AvgIpc) is 2.53. The summed E-state index contributed by atoms with van der Waals surface area (Å²) >= 11 is 0. The highest BCUT2D eigenvalue weighted by molar-refractivity contribution is 5.96. The predicted molar refractivity (Wildman–Crippen MR) is 80.9 cm³/mol. The first-order chi connectivity index (χ1) is 10.2. The van der Waals surface area contributed by atoms with Gasteiger partial charge in [-0.3, -0.25) is 4.79 Å². The van der Waals surface area contributed by atoms with Gasteiger partial charge in [0.1, 0.15) is 6.61 Å². The Morgan fingerprint density at radius 2 is 2.24 bits per heavy atom. The van der Waals surface area contributed by atoms with Crippen molar-refractivity contribution >= 4 is 5.91 Å². The molecule has 2 rings (SSSR count). The summed E-state index contributed by atoms with van der Waals surface area (Å²) in [6, 6.07) is 5.47. The number of hydrogen-bond donors (Lipinski definition) is 2. The molecule has 2 N–H and O–H groups in total. The zero-order valence-electron chi connectivity index (χ0n) is 12.3. The number of carbonyl (C=O) groups excluding carboxylic acids is 1. The third-order valence-electron chi connectivity index (χ3n) is 3.93. The summed E-state index contributed by atoms with van der Waals surface area (Å²) in [7, 11) is 0. The van der Waals surface area contributed by atoms with E-state index in [1.54, 1.807) is 0 Å². The molecule has 4 heteroatoms. The van der Waals surface area contributed by atoms with Crippen LogP contribution in [0.3, 0.4) is 0 Å². The van der Waals surface area contributed by atoms with E-state index in [0.29, 0.717) is 12.1 Å². The fraction of sp³-hybridized carbons (Fsp3) is 0.471. The molecular formula is C17H21NO3. The highest BCUT2D eigenvalue weighted by Crippen LogP contribution is 2.21. The first-order valence-electron chi connectivity index (χ1n) is 7.26. The molecule has 1 unspecified atom stereocenters. The van der Waals surface area contributed by atoms with Gasteiger partial charge in [-0.1, -0.05) is 17.9 Å². The molecule has 1 aliphatic rings. The molecule has 0 aliphatic carbocycles. The number of amides is 1. The molecule has 1 aliphatic heterocycles. The molecule has 1 amide bonds. The standard InChI is InChI=1S/C17H21NO3/c1-13-15(7-4-10-19)6-2-8-16(13)17(21)18-9-3-5-14(11-18)12-20/h2,6,8,14,19-20H,3,5,9-12H2,1H3. The number of carbonyl (C=O) groups is 1. The van der Waals surface area contributed by atoms with Crippen LogP contribution in [-0.2, 0) is 0 Å². The molecule has 1 aromatic carbocycles. The fourth-order valence-electron chi connectivity index (χ4n) is 2.71. The molecule has 21 heavy (non-hydrogen) atoms. The number of benzene rings is 1. The Hall–Kier alpha value is -1.83. The highest BCUT2D eigenvalue weighted by atomic mass is 16.3. The summed E-state index contributed by atoms with van der Waals surface area (Å²) in [5, 5.41) is 18.1. The number of nitrogens with zero attached hydrogens (tertiary/aromatic N) is 1. The SMILES string of the molecule is Cc1c(C#CCO)cccc1C(=O)N1CCCC(CO)C1. The van der Waals surface area contributed by atoms with Crippen LogP contribution in [-0.4, -0.2) is 47.3 Å². The van der Waals surface area contributed by atoms with Crippen molar-refractivity contribution < 1.29 is 15.0 Å². The Kier molecular flexibility index (Phi) is 5.38. The quantitative estimate of drug-likeness (QED) is 0.803. The van der Waals surface area contributed by atoms with Crippen molar-refractivity contribution in [1.29, 1.82) is 0 Å². The van der Waals surface area contributed by atoms with E-state index in [9.17, 15) is 9.90 Å². The van der Waals surface area contributed by atoms with Crippen LogP contribution in [0.4, 0.5) is 0 Å². The largest absolute Gasteiger partial charge is 0.396 e. The van der Waals surface area contributed by atoms with Gasteiger partial charge < -0.3 is 15.1 Å².